The molecule has 3 atom stereocenters. The van der Waals surface area contributed by atoms with Crippen LogP contribution in [0.5, 0.6) is 0 Å². The van der Waals surface area contributed by atoms with E-state index in [2.05, 4.69) is 5.32 Å². The predicted molar refractivity (Wildman–Crippen MR) is 68.8 cm³/mol. The summed E-state index contributed by atoms with van der Waals surface area (Å²) in [5.41, 5.74) is 0. The number of ether oxygens (including phenoxy) is 1. The van der Waals surface area contributed by atoms with Gasteiger partial charge in [0.2, 0.25) is 5.91 Å². The number of piperazine rings is 1. The Balaban J connectivity index is 2.13. The smallest absolute Gasteiger partial charge is 0.305 e. The summed E-state index contributed by atoms with van der Waals surface area (Å²) in [6.45, 7) is 1.29. The van der Waals surface area contributed by atoms with Crippen molar-refractivity contribution < 1.29 is 19.4 Å². The molecular formula is C13H22N2O4. The second-order valence-electron chi connectivity index (χ2n) is 5.27. The van der Waals surface area contributed by atoms with Crippen molar-refractivity contribution in [3.8, 4) is 0 Å². The van der Waals surface area contributed by atoms with Crippen LogP contribution in [0.1, 0.15) is 32.1 Å². The molecule has 0 aromatic heterocycles. The minimum Gasteiger partial charge on any atom is -0.481 e. The largest absolute Gasteiger partial charge is 0.481 e. The molecule has 1 saturated carbocycles. The van der Waals surface area contributed by atoms with Crippen molar-refractivity contribution in [2.75, 3.05) is 20.2 Å². The second-order valence-corrected chi connectivity index (χ2v) is 5.27. The lowest BCUT2D eigenvalue weighted by Gasteiger charge is -2.44. The van der Waals surface area contributed by atoms with Crippen LogP contribution in [0.25, 0.3) is 0 Å². The zero-order valence-electron chi connectivity index (χ0n) is 11.3. The topological polar surface area (TPSA) is 78.9 Å². The maximum absolute atomic E-state index is 11.9. The van der Waals surface area contributed by atoms with Gasteiger partial charge in [-0.3, -0.25) is 14.5 Å². The van der Waals surface area contributed by atoms with Crippen LogP contribution in [-0.2, 0) is 14.3 Å². The highest BCUT2D eigenvalue weighted by Crippen LogP contribution is 2.28. The molecule has 2 rings (SSSR count). The van der Waals surface area contributed by atoms with Crippen molar-refractivity contribution in [1.82, 2.24) is 10.2 Å². The summed E-state index contributed by atoms with van der Waals surface area (Å²) in [5, 5.41) is 11.7. The number of nitrogens with zero attached hydrogens (tertiary/aromatic N) is 1. The molecule has 0 spiro atoms. The molecule has 1 saturated heterocycles. The normalized spacial score (nSPS) is 32.9. The van der Waals surface area contributed by atoms with Crippen LogP contribution in [0.15, 0.2) is 0 Å². The molecule has 0 aromatic carbocycles. The maximum Gasteiger partial charge on any atom is 0.305 e. The molecule has 0 aromatic rings. The van der Waals surface area contributed by atoms with E-state index in [-0.39, 0.29) is 24.5 Å². The zero-order chi connectivity index (χ0) is 13.8. The Labute approximate surface area is 113 Å². The zero-order valence-corrected chi connectivity index (χ0v) is 11.3. The Morgan fingerprint density at radius 1 is 1.47 bits per heavy atom. The molecule has 2 aliphatic rings. The summed E-state index contributed by atoms with van der Waals surface area (Å²) in [6.07, 6.45) is 4.18. The standard InChI is InChI=1S/C13H22N2O4/c1-19-11-5-3-2-4-9(11)15-7-6-14-13(18)10(15)8-12(16)17/h9-11H,2-8H2,1H3,(H,14,18)(H,16,17). The van der Waals surface area contributed by atoms with Crippen molar-refractivity contribution >= 4 is 11.9 Å². The number of carbonyl (C=O) groups is 2. The van der Waals surface area contributed by atoms with E-state index in [4.69, 9.17) is 9.84 Å². The number of amides is 1. The van der Waals surface area contributed by atoms with Crippen molar-refractivity contribution in [2.45, 2.75) is 50.3 Å². The second kappa shape index (κ2) is 6.34. The number of carboxylic acid groups (broad SMARTS) is 1. The van der Waals surface area contributed by atoms with E-state index in [0.717, 1.165) is 25.7 Å². The molecule has 1 heterocycles. The number of carboxylic acids is 1. The lowest BCUT2D eigenvalue weighted by Crippen LogP contribution is -2.62. The molecule has 108 valence electrons. The minimum absolute atomic E-state index is 0.107. The van der Waals surface area contributed by atoms with E-state index in [1.165, 1.54) is 0 Å². The first kappa shape index (κ1) is 14.3. The molecule has 3 unspecified atom stereocenters. The van der Waals surface area contributed by atoms with Crippen molar-refractivity contribution in [3.05, 3.63) is 0 Å². The third-order valence-corrected chi connectivity index (χ3v) is 4.14. The van der Waals surface area contributed by atoms with Gasteiger partial charge in [0, 0.05) is 26.2 Å². The van der Waals surface area contributed by atoms with Crippen LogP contribution in [0.2, 0.25) is 0 Å². The summed E-state index contributed by atoms with van der Waals surface area (Å²) in [4.78, 5) is 24.9. The van der Waals surface area contributed by atoms with Crippen LogP contribution in [0.4, 0.5) is 0 Å². The summed E-state index contributed by atoms with van der Waals surface area (Å²) >= 11 is 0. The number of nitrogens with one attached hydrogen (secondary N) is 1. The average molecular weight is 270 g/mol. The summed E-state index contributed by atoms with van der Waals surface area (Å²) in [6, 6.07) is -0.402. The first-order chi connectivity index (χ1) is 9.13. The highest BCUT2D eigenvalue weighted by atomic mass is 16.5. The third kappa shape index (κ3) is 3.25. The monoisotopic (exact) mass is 270 g/mol. The molecule has 2 fully saturated rings. The summed E-state index contributed by atoms with van der Waals surface area (Å²) < 4.78 is 5.52. The Hall–Kier alpha value is -1.14. The number of rotatable bonds is 4. The van der Waals surface area contributed by atoms with Crippen LogP contribution in [-0.4, -0.2) is 60.3 Å². The fraction of sp³-hybridized carbons (Fsp3) is 0.846. The Morgan fingerprint density at radius 3 is 2.89 bits per heavy atom. The van der Waals surface area contributed by atoms with Crippen molar-refractivity contribution in [1.29, 1.82) is 0 Å². The van der Waals surface area contributed by atoms with Crippen LogP contribution < -0.4 is 5.32 Å². The third-order valence-electron chi connectivity index (χ3n) is 4.14. The van der Waals surface area contributed by atoms with E-state index < -0.39 is 12.0 Å². The predicted octanol–water partition coefficient (Wildman–Crippen LogP) is 0.219. The van der Waals surface area contributed by atoms with E-state index in [1.54, 1.807) is 7.11 Å². The molecule has 1 aliphatic carbocycles. The van der Waals surface area contributed by atoms with Gasteiger partial charge in [0.25, 0.3) is 0 Å². The molecular weight excluding hydrogens is 248 g/mol. The molecule has 0 radical (unpaired) electrons. The summed E-state index contributed by atoms with van der Waals surface area (Å²) in [7, 11) is 1.69. The van der Waals surface area contributed by atoms with Gasteiger partial charge in [-0.25, -0.2) is 0 Å². The number of hydrogen-bond acceptors (Lipinski definition) is 4. The highest BCUT2D eigenvalue weighted by Gasteiger charge is 2.39. The van der Waals surface area contributed by atoms with Crippen molar-refractivity contribution in [2.24, 2.45) is 0 Å². The number of aliphatic carboxylic acids is 1. The highest BCUT2D eigenvalue weighted by molar-refractivity contribution is 5.86. The Bertz CT molecular complexity index is 348. The Morgan fingerprint density at radius 2 is 2.21 bits per heavy atom. The Kier molecular flexibility index (Phi) is 4.76. The quantitative estimate of drug-likeness (QED) is 0.764. The lowest BCUT2D eigenvalue weighted by molar-refractivity contribution is -0.145. The van der Waals surface area contributed by atoms with Gasteiger partial charge in [-0.15, -0.1) is 0 Å². The maximum atomic E-state index is 11.9. The fourth-order valence-corrected chi connectivity index (χ4v) is 3.24. The molecule has 0 bridgehead atoms. The van der Waals surface area contributed by atoms with Crippen LogP contribution in [0, 0.1) is 0 Å². The van der Waals surface area contributed by atoms with Gasteiger partial charge >= 0.3 is 5.97 Å². The van der Waals surface area contributed by atoms with Crippen molar-refractivity contribution in [3.63, 3.8) is 0 Å². The molecule has 1 aliphatic heterocycles. The minimum atomic E-state index is -0.933. The van der Waals surface area contributed by atoms with Crippen LogP contribution in [0.3, 0.4) is 0 Å². The molecule has 1 amide bonds. The van der Waals surface area contributed by atoms with Crippen LogP contribution >= 0.6 is 0 Å². The van der Waals surface area contributed by atoms with Gasteiger partial charge in [0.15, 0.2) is 0 Å². The number of carbonyl (C=O) groups excluding carboxylic acids is 1. The first-order valence-electron chi connectivity index (χ1n) is 6.91. The van der Waals surface area contributed by atoms with Gasteiger partial charge in [-0.1, -0.05) is 12.8 Å². The molecule has 19 heavy (non-hydrogen) atoms. The lowest BCUT2D eigenvalue weighted by atomic mass is 9.89. The first-order valence-corrected chi connectivity index (χ1v) is 6.91. The summed E-state index contributed by atoms with van der Waals surface area (Å²) in [5.74, 6) is -1.11. The van der Waals surface area contributed by atoms with Gasteiger partial charge in [-0.05, 0) is 12.8 Å². The number of methoxy groups -OCH3 is 1. The van der Waals surface area contributed by atoms with E-state index >= 15 is 0 Å². The number of hydrogen-bond donors (Lipinski definition) is 2. The molecule has 2 N–H and O–H groups in total. The van der Waals surface area contributed by atoms with E-state index in [0.29, 0.717) is 13.1 Å². The van der Waals surface area contributed by atoms with Gasteiger partial charge in [0.1, 0.15) is 6.04 Å². The van der Waals surface area contributed by atoms with Gasteiger partial charge < -0.3 is 15.2 Å². The SMILES string of the molecule is COC1CCCCC1N1CCNC(=O)C1CC(=O)O. The van der Waals surface area contributed by atoms with Gasteiger partial charge in [-0.2, -0.15) is 0 Å². The van der Waals surface area contributed by atoms with E-state index in [1.807, 2.05) is 4.90 Å². The fourth-order valence-electron chi connectivity index (χ4n) is 3.24. The molecule has 6 heteroatoms. The molecule has 6 nitrogen and oxygen atoms in total. The van der Waals surface area contributed by atoms with Gasteiger partial charge in [0.05, 0.1) is 12.5 Å². The average Bonchev–Trinajstić information content (AvgIpc) is 2.40. The van der Waals surface area contributed by atoms with E-state index in [9.17, 15) is 9.59 Å².